The Bertz CT molecular complexity index is 341. The van der Waals surface area contributed by atoms with Gasteiger partial charge in [0.1, 0.15) is 0 Å². The van der Waals surface area contributed by atoms with Crippen LogP contribution in [0, 0.1) is 24.0 Å². The third-order valence-electron chi connectivity index (χ3n) is 1.19. The van der Waals surface area contributed by atoms with Crippen molar-refractivity contribution in [3.8, 4) is 0 Å². The number of aromatic nitrogens is 2. The van der Waals surface area contributed by atoms with Gasteiger partial charge in [0.25, 0.3) is 5.09 Å². The minimum Gasteiger partial charge on any atom is -0.463 e. The van der Waals surface area contributed by atoms with Gasteiger partial charge in [0, 0.05) is 5.69 Å². The molecule has 78 valence electrons. The lowest BCUT2D eigenvalue weighted by Gasteiger charge is -1.92. The van der Waals surface area contributed by atoms with Crippen molar-refractivity contribution in [3.63, 3.8) is 0 Å². The largest absolute Gasteiger partial charge is 0.463 e. The molecular formula is C6H9N3O5. The standard InChI is InChI=1S/C6H8N2O2.HNO3/c1-4-3-5(2)8(7-4)6(9)10;2-1(3)4/h3H,1-2H3,(H,9,10);(H,2,3,4). The summed E-state index contributed by atoms with van der Waals surface area (Å²) in [6.45, 7) is 3.46. The zero-order valence-electron chi connectivity index (χ0n) is 7.54. The molecule has 0 aliphatic rings. The zero-order chi connectivity index (χ0) is 11.3. The van der Waals surface area contributed by atoms with Crippen LogP contribution in [0.3, 0.4) is 0 Å². The Kier molecular flexibility index (Phi) is 4.07. The van der Waals surface area contributed by atoms with Gasteiger partial charge in [-0.05, 0) is 19.9 Å². The quantitative estimate of drug-likeness (QED) is 0.472. The fourth-order valence-corrected chi connectivity index (χ4v) is 0.823. The van der Waals surface area contributed by atoms with E-state index in [9.17, 15) is 4.79 Å². The Hall–Kier alpha value is -2.12. The third-order valence-corrected chi connectivity index (χ3v) is 1.19. The van der Waals surface area contributed by atoms with Gasteiger partial charge < -0.3 is 10.3 Å². The summed E-state index contributed by atoms with van der Waals surface area (Å²) in [6, 6.07) is 1.72. The van der Waals surface area contributed by atoms with Gasteiger partial charge in [-0.2, -0.15) is 9.78 Å². The summed E-state index contributed by atoms with van der Waals surface area (Å²) in [4.78, 5) is 18.7. The molecule has 0 saturated heterocycles. The molecule has 1 rings (SSSR count). The molecule has 0 fully saturated rings. The third kappa shape index (κ3) is 4.04. The number of aryl methyl sites for hydroxylation is 2. The van der Waals surface area contributed by atoms with E-state index in [1.54, 1.807) is 19.9 Å². The number of rotatable bonds is 0. The molecule has 1 heterocycles. The van der Waals surface area contributed by atoms with E-state index < -0.39 is 11.2 Å². The summed E-state index contributed by atoms with van der Waals surface area (Å²) in [5.41, 5.74) is 1.37. The van der Waals surface area contributed by atoms with Crippen molar-refractivity contribution in [1.82, 2.24) is 9.78 Å². The van der Waals surface area contributed by atoms with E-state index in [4.69, 9.17) is 20.4 Å². The van der Waals surface area contributed by atoms with Gasteiger partial charge in [-0.3, -0.25) is 0 Å². The minimum atomic E-state index is -1.50. The van der Waals surface area contributed by atoms with E-state index >= 15 is 0 Å². The summed E-state index contributed by atoms with van der Waals surface area (Å²) < 4.78 is 0.954. The van der Waals surface area contributed by atoms with Crippen LogP contribution >= 0.6 is 0 Å². The van der Waals surface area contributed by atoms with Crippen LogP contribution in [0.1, 0.15) is 11.4 Å². The summed E-state index contributed by atoms with van der Waals surface area (Å²) in [5.74, 6) is 0. The first-order chi connectivity index (χ1) is 6.34. The van der Waals surface area contributed by atoms with Gasteiger partial charge in [0.15, 0.2) is 0 Å². The van der Waals surface area contributed by atoms with E-state index in [0.717, 1.165) is 10.4 Å². The number of hydrogen-bond donors (Lipinski definition) is 2. The molecule has 0 aromatic carbocycles. The van der Waals surface area contributed by atoms with Gasteiger partial charge in [-0.25, -0.2) is 4.79 Å². The fraction of sp³-hybridized carbons (Fsp3) is 0.333. The lowest BCUT2D eigenvalue weighted by Crippen LogP contribution is -2.11. The molecule has 0 unspecified atom stereocenters. The van der Waals surface area contributed by atoms with Crippen molar-refractivity contribution in [2.45, 2.75) is 13.8 Å². The number of hydrogen-bond acceptors (Lipinski definition) is 4. The lowest BCUT2D eigenvalue weighted by molar-refractivity contribution is -0.742. The average Bonchev–Trinajstić information content (AvgIpc) is 2.28. The summed E-state index contributed by atoms with van der Waals surface area (Å²) in [7, 11) is 0. The monoisotopic (exact) mass is 203 g/mol. The highest BCUT2D eigenvalue weighted by Crippen LogP contribution is 1.99. The zero-order valence-corrected chi connectivity index (χ0v) is 7.54. The second-order valence-electron chi connectivity index (χ2n) is 2.36. The smallest absolute Gasteiger partial charge is 0.432 e. The molecule has 0 amide bonds. The molecule has 0 bridgehead atoms. The summed E-state index contributed by atoms with van der Waals surface area (Å²) in [5, 5.41) is 25.8. The maximum atomic E-state index is 10.3. The molecule has 0 atom stereocenters. The predicted octanol–water partition coefficient (Wildman–Crippen LogP) is 0.678. The van der Waals surface area contributed by atoms with E-state index in [1.165, 1.54) is 0 Å². The van der Waals surface area contributed by atoms with Crippen molar-refractivity contribution < 1.29 is 20.2 Å². The molecule has 0 saturated carbocycles. The highest BCUT2D eigenvalue weighted by atomic mass is 16.9. The molecule has 8 heteroatoms. The van der Waals surface area contributed by atoms with Crippen molar-refractivity contribution >= 4 is 6.09 Å². The molecule has 0 radical (unpaired) electrons. The maximum absolute atomic E-state index is 10.3. The molecule has 1 aromatic rings. The van der Waals surface area contributed by atoms with Gasteiger partial charge in [0.2, 0.25) is 0 Å². The van der Waals surface area contributed by atoms with Gasteiger partial charge >= 0.3 is 6.09 Å². The Morgan fingerprint density at radius 1 is 1.64 bits per heavy atom. The van der Waals surface area contributed by atoms with Crippen molar-refractivity contribution in [2.24, 2.45) is 0 Å². The van der Waals surface area contributed by atoms with Crippen LogP contribution in [0.25, 0.3) is 0 Å². The molecular weight excluding hydrogens is 194 g/mol. The fourth-order valence-electron chi connectivity index (χ4n) is 0.823. The first-order valence-corrected chi connectivity index (χ1v) is 3.44. The van der Waals surface area contributed by atoms with Gasteiger partial charge in [-0.15, -0.1) is 10.1 Å². The van der Waals surface area contributed by atoms with Gasteiger partial charge in [0.05, 0.1) is 5.69 Å². The molecule has 1 aromatic heterocycles. The highest BCUT2D eigenvalue weighted by molar-refractivity contribution is 5.67. The molecule has 0 aliphatic heterocycles. The van der Waals surface area contributed by atoms with E-state index in [1.807, 2.05) is 0 Å². The molecule has 2 N–H and O–H groups in total. The minimum absolute atomic E-state index is 0.644. The number of nitrogens with zero attached hydrogens (tertiary/aromatic N) is 3. The normalized spacial score (nSPS) is 8.71. The van der Waals surface area contributed by atoms with Crippen LogP contribution in [-0.2, 0) is 0 Å². The van der Waals surface area contributed by atoms with Crippen molar-refractivity contribution in [2.75, 3.05) is 0 Å². The summed E-state index contributed by atoms with van der Waals surface area (Å²) in [6.07, 6.45) is -1.04. The second kappa shape index (κ2) is 4.80. The van der Waals surface area contributed by atoms with E-state index in [-0.39, 0.29) is 0 Å². The molecule has 8 nitrogen and oxygen atoms in total. The predicted molar refractivity (Wildman–Crippen MR) is 43.9 cm³/mol. The van der Waals surface area contributed by atoms with E-state index in [0.29, 0.717) is 5.69 Å². The Morgan fingerprint density at radius 3 is 2.21 bits per heavy atom. The SMILES string of the molecule is Cc1cc(C)n(C(=O)O)n1.O=[N+]([O-])O. The topological polar surface area (TPSA) is 118 Å². The average molecular weight is 203 g/mol. The molecule has 0 spiro atoms. The van der Waals surface area contributed by atoms with Crippen molar-refractivity contribution in [3.05, 3.63) is 27.6 Å². The Labute approximate surface area is 78.5 Å². The van der Waals surface area contributed by atoms with Crippen LogP contribution in [0.2, 0.25) is 0 Å². The van der Waals surface area contributed by atoms with Gasteiger partial charge in [-0.1, -0.05) is 0 Å². The molecule has 0 aliphatic carbocycles. The van der Waals surface area contributed by atoms with Crippen LogP contribution in [-0.4, -0.2) is 31.3 Å². The number of carbonyl (C=O) groups is 1. The van der Waals surface area contributed by atoms with Crippen molar-refractivity contribution in [1.29, 1.82) is 0 Å². The summed E-state index contributed by atoms with van der Waals surface area (Å²) >= 11 is 0. The Morgan fingerprint density at radius 2 is 2.07 bits per heavy atom. The maximum Gasteiger partial charge on any atom is 0.432 e. The van der Waals surface area contributed by atoms with E-state index in [2.05, 4.69) is 5.10 Å². The first kappa shape index (κ1) is 11.9. The number of carboxylic acid groups (broad SMARTS) is 1. The second-order valence-corrected chi connectivity index (χ2v) is 2.36. The van der Waals surface area contributed by atoms with Crippen LogP contribution < -0.4 is 0 Å². The first-order valence-electron chi connectivity index (χ1n) is 3.44. The van der Waals surface area contributed by atoms with Crippen LogP contribution in [0.4, 0.5) is 4.79 Å². The highest BCUT2D eigenvalue weighted by Gasteiger charge is 2.05. The lowest BCUT2D eigenvalue weighted by atomic mass is 10.4. The Balaban J connectivity index is 0.000000364. The molecule has 14 heavy (non-hydrogen) atoms. The van der Waals surface area contributed by atoms with Crippen LogP contribution in [0.15, 0.2) is 6.07 Å². The van der Waals surface area contributed by atoms with Crippen LogP contribution in [0.5, 0.6) is 0 Å².